The minimum atomic E-state index is -0.673. The number of nitrogens with zero attached hydrogens (tertiary/aromatic N) is 2. The van der Waals surface area contributed by atoms with Gasteiger partial charge in [0.25, 0.3) is 5.56 Å². The Morgan fingerprint density at radius 2 is 1.91 bits per heavy atom. The van der Waals surface area contributed by atoms with Crippen LogP contribution in [-0.2, 0) is 9.53 Å². The van der Waals surface area contributed by atoms with Crippen LogP contribution in [0.3, 0.4) is 0 Å². The number of thiazole rings is 1. The van der Waals surface area contributed by atoms with Crippen LogP contribution < -0.4 is 24.4 Å². The number of fused-ring (bicyclic) bond motifs is 1. The van der Waals surface area contributed by atoms with E-state index in [0.29, 0.717) is 32.1 Å². The first kappa shape index (κ1) is 24.0. The van der Waals surface area contributed by atoms with Crippen molar-refractivity contribution in [1.82, 2.24) is 4.57 Å². The number of esters is 1. The average molecular weight is 543 g/mol. The van der Waals surface area contributed by atoms with E-state index in [1.807, 2.05) is 30.3 Å². The number of benzene rings is 2. The van der Waals surface area contributed by atoms with Gasteiger partial charge in [0.05, 0.1) is 42.7 Å². The van der Waals surface area contributed by atoms with Gasteiger partial charge < -0.3 is 14.2 Å². The minimum Gasteiger partial charge on any atom is -0.497 e. The van der Waals surface area contributed by atoms with E-state index < -0.39 is 12.0 Å². The van der Waals surface area contributed by atoms with Crippen molar-refractivity contribution in [2.75, 3.05) is 20.8 Å². The molecule has 0 bridgehead atoms. The van der Waals surface area contributed by atoms with E-state index >= 15 is 0 Å². The molecule has 9 heteroatoms. The first-order chi connectivity index (χ1) is 16.4. The van der Waals surface area contributed by atoms with Gasteiger partial charge in [-0.3, -0.25) is 9.36 Å². The molecule has 0 unspecified atom stereocenters. The van der Waals surface area contributed by atoms with Crippen molar-refractivity contribution < 1.29 is 19.0 Å². The van der Waals surface area contributed by atoms with E-state index in [2.05, 4.69) is 20.9 Å². The van der Waals surface area contributed by atoms with Crippen LogP contribution in [0.1, 0.15) is 31.0 Å². The van der Waals surface area contributed by atoms with E-state index in [9.17, 15) is 9.59 Å². The molecule has 0 amide bonds. The molecular formula is C25H23BrN2O5S. The van der Waals surface area contributed by atoms with Crippen molar-refractivity contribution >= 4 is 39.3 Å². The molecule has 0 aliphatic carbocycles. The summed E-state index contributed by atoms with van der Waals surface area (Å²) in [6, 6.07) is 12.2. The molecule has 1 aromatic heterocycles. The molecule has 0 N–H and O–H groups in total. The van der Waals surface area contributed by atoms with Crippen LogP contribution in [0.5, 0.6) is 11.5 Å². The number of carbonyl (C=O) groups is 1. The van der Waals surface area contributed by atoms with Crippen LogP contribution in [0.2, 0.25) is 0 Å². The Bertz CT molecular complexity index is 1450. The molecule has 176 valence electrons. The molecule has 4 rings (SSSR count). The number of hydrogen-bond acceptors (Lipinski definition) is 7. The first-order valence-electron chi connectivity index (χ1n) is 10.5. The van der Waals surface area contributed by atoms with Crippen LogP contribution in [0.25, 0.3) is 6.08 Å². The molecule has 3 aromatic rings. The molecular weight excluding hydrogens is 520 g/mol. The summed E-state index contributed by atoms with van der Waals surface area (Å²) >= 11 is 4.74. The second-order valence-electron chi connectivity index (χ2n) is 7.46. The van der Waals surface area contributed by atoms with Crippen molar-refractivity contribution in [2.24, 2.45) is 4.99 Å². The number of ether oxygens (including phenoxy) is 3. The summed E-state index contributed by atoms with van der Waals surface area (Å²) in [5.74, 6) is 0.827. The van der Waals surface area contributed by atoms with Crippen molar-refractivity contribution in [2.45, 2.75) is 19.9 Å². The molecule has 0 spiro atoms. The zero-order valence-corrected chi connectivity index (χ0v) is 21.5. The number of rotatable bonds is 6. The number of carbonyl (C=O) groups excluding carboxylic acids is 1. The Morgan fingerprint density at radius 1 is 1.18 bits per heavy atom. The smallest absolute Gasteiger partial charge is 0.338 e. The van der Waals surface area contributed by atoms with Gasteiger partial charge in [-0.05, 0) is 55.8 Å². The Balaban J connectivity index is 1.96. The van der Waals surface area contributed by atoms with Gasteiger partial charge >= 0.3 is 5.97 Å². The lowest BCUT2D eigenvalue weighted by Gasteiger charge is -2.24. The summed E-state index contributed by atoms with van der Waals surface area (Å²) in [6.45, 7) is 3.73. The Morgan fingerprint density at radius 3 is 2.56 bits per heavy atom. The maximum absolute atomic E-state index is 13.7. The zero-order valence-electron chi connectivity index (χ0n) is 19.1. The van der Waals surface area contributed by atoms with Gasteiger partial charge in [-0.2, -0.15) is 0 Å². The predicted octanol–water partition coefficient (Wildman–Crippen LogP) is 3.58. The molecule has 2 aromatic carbocycles. The third kappa shape index (κ3) is 4.45. The Kier molecular flexibility index (Phi) is 7.04. The molecule has 0 saturated heterocycles. The summed E-state index contributed by atoms with van der Waals surface area (Å²) in [4.78, 5) is 31.7. The van der Waals surface area contributed by atoms with Crippen LogP contribution >= 0.6 is 27.3 Å². The Hall–Kier alpha value is -3.17. The van der Waals surface area contributed by atoms with Gasteiger partial charge in [-0.25, -0.2) is 9.79 Å². The lowest BCUT2D eigenvalue weighted by molar-refractivity contribution is -0.139. The highest BCUT2D eigenvalue weighted by Gasteiger charge is 2.33. The fourth-order valence-corrected chi connectivity index (χ4v) is 5.27. The molecule has 2 heterocycles. The molecule has 1 atom stereocenters. The predicted molar refractivity (Wildman–Crippen MR) is 134 cm³/mol. The highest BCUT2D eigenvalue weighted by atomic mass is 79.9. The van der Waals surface area contributed by atoms with Crippen molar-refractivity contribution in [3.05, 3.63) is 89.0 Å². The SMILES string of the molecule is CCOC(=O)C1=C(C)N=c2s/c(=C/c3cc(Br)ccc3OC)c(=O)n2[C@H]1c1ccc(OC)cc1. The van der Waals surface area contributed by atoms with Crippen LogP contribution in [0, 0.1) is 0 Å². The van der Waals surface area contributed by atoms with Crippen LogP contribution in [0.15, 0.2) is 68.0 Å². The molecule has 0 fully saturated rings. The van der Waals surface area contributed by atoms with Gasteiger partial charge in [0, 0.05) is 10.0 Å². The third-order valence-corrected chi connectivity index (χ3v) is 6.90. The number of allylic oxidation sites excluding steroid dienone is 1. The van der Waals surface area contributed by atoms with E-state index in [1.165, 1.54) is 11.3 Å². The maximum Gasteiger partial charge on any atom is 0.338 e. The molecule has 0 saturated carbocycles. The summed E-state index contributed by atoms with van der Waals surface area (Å²) < 4.78 is 19.0. The van der Waals surface area contributed by atoms with Gasteiger partial charge in [0.15, 0.2) is 4.80 Å². The number of hydrogen-bond donors (Lipinski definition) is 0. The van der Waals surface area contributed by atoms with Gasteiger partial charge in [0.2, 0.25) is 0 Å². The zero-order chi connectivity index (χ0) is 24.4. The van der Waals surface area contributed by atoms with E-state index in [1.54, 1.807) is 50.8 Å². The first-order valence-corrected chi connectivity index (χ1v) is 12.2. The van der Waals surface area contributed by atoms with Crippen LogP contribution in [0.4, 0.5) is 0 Å². The van der Waals surface area contributed by atoms with E-state index in [0.717, 1.165) is 15.6 Å². The molecule has 7 nitrogen and oxygen atoms in total. The van der Waals surface area contributed by atoms with Gasteiger partial charge in [0.1, 0.15) is 11.5 Å². The fourth-order valence-electron chi connectivity index (χ4n) is 3.85. The van der Waals surface area contributed by atoms with E-state index in [-0.39, 0.29) is 12.2 Å². The second kappa shape index (κ2) is 9.99. The number of methoxy groups -OCH3 is 2. The standard InChI is InChI=1S/C25H23BrN2O5S/c1-5-33-24(30)21-14(2)27-25-28(22(21)15-6-9-18(31-3)10-7-15)23(29)20(34-25)13-16-12-17(26)8-11-19(16)32-4/h6-13,22H,5H2,1-4H3/b20-13+/t22-/m0/s1. The maximum atomic E-state index is 13.7. The van der Waals surface area contributed by atoms with Gasteiger partial charge in [-0.1, -0.05) is 39.4 Å². The molecule has 34 heavy (non-hydrogen) atoms. The monoisotopic (exact) mass is 542 g/mol. The normalized spacial score (nSPS) is 15.6. The Labute approximate surface area is 208 Å². The van der Waals surface area contributed by atoms with Crippen molar-refractivity contribution in [1.29, 1.82) is 0 Å². The van der Waals surface area contributed by atoms with Crippen LogP contribution in [-0.4, -0.2) is 31.4 Å². The van der Waals surface area contributed by atoms with Gasteiger partial charge in [-0.15, -0.1) is 0 Å². The third-order valence-electron chi connectivity index (χ3n) is 5.43. The summed E-state index contributed by atoms with van der Waals surface area (Å²) in [7, 11) is 3.17. The summed E-state index contributed by atoms with van der Waals surface area (Å²) in [6.07, 6.45) is 1.78. The summed E-state index contributed by atoms with van der Waals surface area (Å²) in [5, 5.41) is 0. The minimum absolute atomic E-state index is 0.220. The quantitative estimate of drug-likeness (QED) is 0.445. The lowest BCUT2D eigenvalue weighted by atomic mass is 9.96. The van der Waals surface area contributed by atoms with Crippen molar-refractivity contribution in [3.63, 3.8) is 0 Å². The lowest BCUT2D eigenvalue weighted by Crippen LogP contribution is -2.39. The highest BCUT2D eigenvalue weighted by Crippen LogP contribution is 2.31. The topological polar surface area (TPSA) is 79.1 Å². The summed E-state index contributed by atoms with van der Waals surface area (Å²) in [5.41, 5.74) is 2.12. The average Bonchev–Trinajstić information content (AvgIpc) is 3.13. The molecule has 0 radical (unpaired) electrons. The fraction of sp³-hybridized carbons (Fsp3) is 0.240. The van der Waals surface area contributed by atoms with Crippen molar-refractivity contribution in [3.8, 4) is 11.5 Å². The number of aromatic nitrogens is 1. The molecule has 1 aliphatic rings. The largest absolute Gasteiger partial charge is 0.497 e. The highest BCUT2D eigenvalue weighted by molar-refractivity contribution is 9.10. The number of halogens is 1. The van der Waals surface area contributed by atoms with E-state index in [4.69, 9.17) is 14.2 Å². The molecule has 1 aliphatic heterocycles. The second-order valence-corrected chi connectivity index (χ2v) is 9.39.